The first-order valence-corrected chi connectivity index (χ1v) is 5.69. The van der Waals surface area contributed by atoms with E-state index in [-0.39, 0.29) is 5.78 Å². The number of benzene rings is 1. The molecule has 80 valence electrons. The molecule has 1 aromatic heterocycles. The molecule has 0 saturated heterocycles. The molecule has 0 saturated carbocycles. The molecule has 3 heteroatoms. The van der Waals surface area contributed by atoms with E-state index in [0.29, 0.717) is 11.1 Å². The zero-order valence-electron chi connectivity index (χ0n) is 8.77. The Balaban J connectivity index is 2.35. The standard InChI is InChI=1S/C13H10BrNO/c1-9-8-11(6-7-15-9)13(16)10-2-4-12(14)5-3-10/h2-8H,1H3. The van der Waals surface area contributed by atoms with E-state index in [2.05, 4.69) is 20.9 Å². The van der Waals surface area contributed by atoms with Gasteiger partial charge in [0.15, 0.2) is 5.78 Å². The van der Waals surface area contributed by atoms with Crippen LogP contribution in [0.4, 0.5) is 0 Å². The minimum absolute atomic E-state index is 0.0259. The quantitative estimate of drug-likeness (QED) is 0.787. The van der Waals surface area contributed by atoms with Crippen LogP contribution in [-0.4, -0.2) is 10.8 Å². The smallest absolute Gasteiger partial charge is 0.193 e. The van der Waals surface area contributed by atoms with Crippen molar-refractivity contribution in [3.05, 3.63) is 63.9 Å². The number of carbonyl (C=O) groups excluding carboxylic acids is 1. The molecule has 1 heterocycles. The Kier molecular flexibility index (Phi) is 3.15. The molecular formula is C13H10BrNO. The maximum atomic E-state index is 12.1. The number of pyridine rings is 1. The first-order chi connectivity index (χ1) is 7.66. The van der Waals surface area contributed by atoms with Crippen molar-refractivity contribution < 1.29 is 4.79 Å². The fourth-order valence-corrected chi connectivity index (χ4v) is 1.72. The van der Waals surface area contributed by atoms with Gasteiger partial charge in [-0.25, -0.2) is 0 Å². The van der Waals surface area contributed by atoms with E-state index < -0.39 is 0 Å². The number of aryl methyl sites for hydroxylation is 1. The zero-order chi connectivity index (χ0) is 11.5. The molecule has 0 unspecified atom stereocenters. The minimum Gasteiger partial charge on any atom is -0.289 e. The van der Waals surface area contributed by atoms with Crippen LogP contribution in [-0.2, 0) is 0 Å². The fourth-order valence-electron chi connectivity index (χ4n) is 1.45. The summed E-state index contributed by atoms with van der Waals surface area (Å²) in [7, 11) is 0. The number of aromatic nitrogens is 1. The highest BCUT2D eigenvalue weighted by atomic mass is 79.9. The Morgan fingerprint density at radius 1 is 1.12 bits per heavy atom. The van der Waals surface area contributed by atoms with E-state index in [1.807, 2.05) is 31.2 Å². The average Bonchev–Trinajstić information content (AvgIpc) is 2.29. The molecule has 0 aliphatic rings. The van der Waals surface area contributed by atoms with Crippen molar-refractivity contribution in [3.63, 3.8) is 0 Å². The Morgan fingerprint density at radius 2 is 1.81 bits per heavy atom. The van der Waals surface area contributed by atoms with E-state index in [9.17, 15) is 4.79 Å². The molecule has 0 radical (unpaired) electrons. The summed E-state index contributed by atoms with van der Waals surface area (Å²) in [6.07, 6.45) is 1.65. The number of ketones is 1. The molecule has 0 aliphatic carbocycles. The first kappa shape index (κ1) is 11.0. The molecule has 0 aliphatic heterocycles. The molecule has 0 N–H and O–H groups in total. The highest BCUT2D eigenvalue weighted by Gasteiger charge is 2.08. The number of carbonyl (C=O) groups is 1. The van der Waals surface area contributed by atoms with Crippen molar-refractivity contribution in [3.8, 4) is 0 Å². The van der Waals surface area contributed by atoms with Crippen molar-refractivity contribution in [1.29, 1.82) is 0 Å². The van der Waals surface area contributed by atoms with Crippen molar-refractivity contribution in [2.75, 3.05) is 0 Å². The summed E-state index contributed by atoms with van der Waals surface area (Å²) in [6, 6.07) is 10.9. The Labute approximate surface area is 102 Å². The summed E-state index contributed by atoms with van der Waals surface area (Å²) >= 11 is 3.34. The van der Waals surface area contributed by atoms with E-state index >= 15 is 0 Å². The van der Waals surface area contributed by atoms with Crippen LogP contribution in [0.1, 0.15) is 21.6 Å². The van der Waals surface area contributed by atoms with Crippen LogP contribution in [0.25, 0.3) is 0 Å². The number of nitrogens with zero attached hydrogens (tertiary/aromatic N) is 1. The molecule has 1 aromatic carbocycles. The van der Waals surface area contributed by atoms with Gasteiger partial charge in [0.05, 0.1) is 0 Å². The second-order valence-corrected chi connectivity index (χ2v) is 4.44. The summed E-state index contributed by atoms with van der Waals surface area (Å²) < 4.78 is 0.968. The summed E-state index contributed by atoms with van der Waals surface area (Å²) in [6.45, 7) is 1.87. The largest absolute Gasteiger partial charge is 0.289 e. The average molecular weight is 276 g/mol. The molecule has 0 spiro atoms. The SMILES string of the molecule is Cc1cc(C(=O)c2ccc(Br)cc2)ccn1. The van der Waals surface area contributed by atoms with Crippen molar-refractivity contribution in [2.24, 2.45) is 0 Å². The summed E-state index contributed by atoms with van der Waals surface area (Å²) in [4.78, 5) is 16.1. The third-order valence-electron chi connectivity index (χ3n) is 2.27. The van der Waals surface area contributed by atoms with Gasteiger partial charge in [-0.05, 0) is 43.3 Å². The monoisotopic (exact) mass is 275 g/mol. The van der Waals surface area contributed by atoms with Gasteiger partial charge in [0.1, 0.15) is 0 Å². The van der Waals surface area contributed by atoms with Gasteiger partial charge in [0.25, 0.3) is 0 Å². The normalized spacial score (nSPS) is 10.1. The van der Waals surface area contributed by atoms with E-state index in [0.717, 1.165) is 10.2 Å². The number of halogens is 1. The van der Waals surface area contributed by atoms with Crippen LogP contribution >= 0.6 is 15.9 Å². The lowest BCUT2D eigenvalue weighted by atomic mass is 10.0. The van der Waals surface area contributed by atoms with Crippen molar-refractivity contribution in [2.45, 2.75) is 6.92 Å². The van der Waals surface area contributed by atoms with Crippen LogP contribution in [0.2, 0.25) is 0 Å². The third kappa shape index (κ3) is 2.36. The van der Waals surface area contributed by atoms with Crippen LogP contribution in [0.3, 0.4) is 0 Å². The highest BCUT2D eigenvalue weighted by molar-refractivity contribution is 9.10. The second-order valence-electron chi connectivity index (χ2n) is 3.52. The van der Waals surface area contributed by atoms with Crippen LogP contribution in [0.15, 0.2) is 47.1 Å². The summed E-state index contributed by atoms with van der Waals surface area (Å²) in [5.74, 6) is 0.0259. The number of rotatable bonds is 2. The van der Waals surface area contributed by atoms with Gasteiger partial charge >= 0.3 is 0 Å². The molecule has 2 rings (SSSR count). The van der Waals surface area contributed by atoms with Gasteiger partial charge < -0.3 is 0 Å². The van der Waals surface area contributed by atoms with Crippen molar-refractivity contribution in [1.82, 2.24) is 4.98 Å². The lowest BCUT2D eigenvalue weighted by Crippen LogP contribution is -2.01. The van der Waals surface area contributed by atoms with Gasteiger partial charge in [0, 0.05) is 27.5 Å². The molecule has 2 nitrogen and oxygen atoms in total. The van der Waals surface area contributed by atoms with Gasteiger partial charge in [-0.1, -0.05) is 15.9 Å². The predicted octanol–water partition coefficient (Wildman–Crippen LogP) is 3.38. The van der Waals surface area contributed by atoms with Crippen LogP contribution in [0, 0.1) is 6.92 Å². The molecule has 0 amide bonds. The maximum Gasteiger partial charge on any atom is 0.193 e. The van der Waals surface area contributed by atoms with E-state index in [4.69, 9.17) is 0 Å². The molecule has 0 fully saturated rings. The Hall–Kier alpha value is -1.48. The first-order valence-electron chi connectivity index (χ1n) is 4.90. The van der Waals surface area contributed by atoms with Gasteiger partial charge in [-0.15, -0.1) is 0 Å². The molecule has 0 bridgehead atoms. The molecule has 16 heavy (non-hydrogen) atoms. The van der Waals surface area contributed by atoms with E-state index in [1.165, 1.54) is 0 Å². The van der Waals surface area contributed by atoms with Crippen molar-refractivity contribution >= 4 is 21.7 Å². The lowest BCUT2D eigenvalue weighted by molar-refractivity contribution is 0.103. The Morgan fingerprint density at radius 3 is 2.44 bits per heavy atom. The van der Waals surface area contributed by atoms with Crippen LogP contribution < -0.4 is 0 Å². The number of hydrogen-bond acceptors (Lipinski definition) is 2. The topological polar surface area (TPSA) is 30.0 Å². The fraction of sp³-hybridized carbons (Fsp3) is 0.0769. The molecule has 2 aromatic rings. The Bertz CT molecular complexity index is 520. The maximum absolute atomic E-state index is 12.1. The summed E-state index contributed by atoms with van der Waals surface area (Å²) in [5, 5.41) is 0. The zero-order valence-corrected chi connectivity index (χ0v) is 10.4. The van der Waals surface area contributed by atoms with E-state index in [1.54, 1.807) is 18.3 Å². The molecular weight excluding hydrogens is 266 g/mol. The van der Waals surface area contributed by atoms with Gasteiger partial charge in [0.2, 0.25) is 0 Å². The van der Waals surface area contributed by atoms with Gasteiger partial charge in [-0.2, -0.15) is 0 Å². The molecule has 0 atom stereocenters. The lowest BCUT2D eigenvalue weighted by Gasteiger charge is -2.01. The number of hydrogen-bond donors (Lipinski definition) is 0. The third-order valence-corrected chi connectivity index (χ3v) is 2.79. The van der Waals surface area contributed by atoms with Gasteiger partial charge in [-0.3, -0.25) is 9.78 Å². The minimum atomic E-state index is 0.0259. The summed E-state index contributed by atoms with van der Waals surface area (Å²) in [5.41, 5.74) is 2.21. The highest BCUT2D eigenvalue weighted by Crippen LogP contribution is 2.14. The predicted molar refractivity (Wildman–Crippen MR) is 66.5 cm³/mol. The second kappa shape index (κ2) is 4.58. The van der Waals surface area contributed by atoms with Crippen LogP contribution in [0.5, 0.6) is 0 Å².